The van der Waals surface area contributed by atoms with Crippen LogP contribution >= 0.6 is 11.8 Å². The van der Waals surface area contributed by atoms with E-state index >= 15 is 0 Å². The predicted octanol–water partition coefficient (Wildman–Crippen LogP) is 3.24. The van der Waals surface area contributed by atoms with Crippen LogP contribution in [0.4, 0.5) is 5.69 Å². The van der Waals surface area contributed by atoms with Crippen molar-refractivity contribution in [1.29, 1.82) is 0 Å². The van der Waals surface area contributed by atoms with Gasteiger partial charge in [-0.2, -0.15) is 4.31 Å². The Kier molecular flexibility index (Phi) is 6.58. The second kappa shape index (κ2) is 8.93. The Bertz CT molecular complexity index is 957. The van der Waals surface area contributed by atoms with Gasteiger partial charge in [0.15, 0.2) is 0 Å². The third-order valence-corrected chi connectivity index (χ3v) is 7.03. The van der Waals surface area contributed by atoms with Crippen molar-refractivity contribution >= 4 is 33.4 Å². The monoisotopic (exact) mass is 421 g/mol. The quantitative estimate of drug-likeness (QED) is 0.691. The number of carbonyl (C=O) groups is 1. The lowest BCUT2D eigenvalue weighted by Crippen LogP contribution is -2.28. The van der Waals surface area contributed by atoms with Gasteiger partial charge in [-0.1, -0.05) is 0 Å². The number of amides is 1. The molecule has 0 saturated carbocycles. The number of hydrogen-bond acceptors (Lipinski definition) is 6. The number of pyridine rings is 1. The van der Waals surface area contributed by atoms with Crippen molar-refractivity contribution in [1.82, 2.24) is 9.29 Å². The summed E-state index contributed by atoms with van der Waals surface area (Å²) in [5.74, 6) is -0.0512. The molecule has 150 valence electrons. The molecule has 1 aliphatic heterocycles. The second-order valence-electron chi connectivity index (χ2n) is 6.22. The molecular weight excluding hydrogens is 398 g/mol. The lowest BCUT2D eigenvalue weighted by molar-refractivity contribution is 0.102. The molecule has 9 heteroatoms. The van der Waals surface area contributed by atoms with Crippen molar-refractivity contribution in [3.05, 3.63) is 42.1 Å². The highest BCUT2D eigenvalue weighted by Crippen LogP contribution is 2.32. The molecule has 0 radical (unpaired) electrons. The van der Waals surface area contributed by atoms with Gasteiger partial charge in [0.2, 0.25) is 10.0 Å². The summed E-state index contributed by atoms with van der Waals surface area (Å²) in [5, 5.41) is 3.38. The molecule has 1 aromatic carbocycles. The molecule has 3 rings (SSSR count). The number of thioether (sulfide) groups is 1. The van der Waals surface area contributed by atoms with Gasteiger partial charge in [-0.25, -0.2) is 13.4 Å². The SMILES string of the molecule is CCOc1ccc(NC(=O)c2cccnc2SC)cc1S(=O)(=O)N1CCCC1. The zero-order valence-electron chi connectivity index (χ0n) is 15.8. The summed E-state index contributed by atoms with van der Waals surface area (Å²) in [7, 11) is -3.69. The molecule has 1 aliphatic rings. The summed E-state index contributed by atoms with van der Waals surface area (Å²) in [5.41, 5.74) is 0.829. The van der Waals surface area contributed by atoms with Crippen LogP contribution in [0.1, 0.15) is 30.1 Å². The molecule has 1 amide bonds. The summed E-state index contributed by atoms with van der Waals surface area (Å²) in [6.45, 7) is 3.14. The standard InChI is InChI=1S/C19H23N3O4S2/c1-3-26-16-9-8-14(13-17(16)28(24,25)22-11-4-5-12-22)21-18(23)15-7-6-10-20-19(15)27-2/h6-10,13H,3-5,11-12H2,1-2H3,(H,21,23). The van der Waals surface area contributed by atoms with Crippen molar-refractivity contribution < 1.29 is 17.9 Å². The van der Waals surface area contributed by atoms with Crippen molar-refractivity contribution in [2.45, 2.75) is 29.7 Å². The molecule has 28 heavy (non-hydrogen) atoms. The lowest BCUT2D eigenvalue weighted by Gasteiger charge is -2.19. The van der Waals surface area contributed by atoms with E-state index in [0.717, 1.165) is 12.8 Å². The van der Waals surface area contributed by atoms with Gasteiger partial charge >= 0.3 is 0 Å². The Morgan fingerprint density at radius 1 is 1.29 bits per heavy atom. The van der Waals surface area contributed by atoms with Crippen molar-refractivity contribution in [2.24, 2.45) is 0 Å². The van der Waals surface area contributed by atoms with E-state index in [1.807, 2.05) is 6.26 Å². The van der Waals surface area contributed by atoms with Crippen LogP contribution in [0.25, 0.3) is 0 Å². The number of carbonyl (C=O) groups excluding carboxylic acids is 1. The van der Waals surface area contributed by atoms with Crippen LogP contribution in [0.3, 0.4) is 0 Å². The van der Waals surface area contributed by atoms with Gasteiger partial charge in [0, 0.05) is 25.0 Å². The number of aromatic nitrogens is 1. The van der Waals surface area contributed by atoms with Gasteiger partial charge in [0.1, 0.15) is 15.7 Å². The van der Waals surface area contributed by atoms with Gasteiger partial charge < -0.3 is 10.1 Å². The first-order valence-electron chi connectivity index (χ1n) is 9.04. The van der Waals surface area contributed by atoms with Crippen LogP contribution in [0.2, 0.25) is 0 Å². The van der Waals surface area contributed by atoms with Crippen LogP contribution < -0.4 is 10.1 Å². The smallest absolute Gasteiger partial charge is 0.258 e. The van der Waals surface area contributed by atoms with E-state index in [4.69, 9.17) is 4.74 Å². The average molecular weight is 422 g/mol. The van der Waals surface area contributed by atoms with Gasteiger partial charge in [-0.3, -0.25) is 4.79 Å². The fraction of sp³-hybridized carbons (Fsp3) is 0.368. The summed E-state index contributed by atoms with van der Waals surface area (Å²) >= 11 is 1.37. The number of hydrogen-bond donors (Lipinski definition) is 1. The van der Waals surface area contributed by atoms with Gasteiger partial charge in [0.25, 0.3) is 5.91 Å². The number of nitrogens with one attached hydrogen (secondary N) is 1. The minimum absolute atomic E-state index is 0.0744. The van der Waals surface area contributed by atoms with Crippen LogP contribution in [0.15, 0.2) is 46.5 Å². The third kappa shape index (κ3) is 4.31. The van der Waals surface area contributed by atoms with Crippen LogP contribution in [0, 0.1) is 0 Å². The maximum atomic E-state index is 13.1. The van der Waals surface area contributed by atoms with E-state index in [1.165, 1.54) is 22.1 Å². The lowest BCUT2D eigenvalue weighted by atomic mass is 10.2. The largest absolute Gasteiger partial charge is 0.492 e. The van der Waals surface area contributed by atoms with Crippen molar-refractivity contribution in [3.63, 3.8) is 0 Å². The number of sulfonamides is 1. The van der Waals surface area contributed by atoms with E-state index in [0.29, 0.717) is 41.7 Å². The number of benzene rings is 1. The van der Waals surface area contributed by atoms with Crippen molar-refractivity contribution in [2.75, 3.05) is 31.3 Å². The maximum Gasteiger partial charge on any atom is 0.258 e. The zero-order valence-corrected chi connectivity index (χ0v) is 17.5. The molecule has 0 spiro atoms. The van der Waals surface area contributed by atoms with E-state index in [9.17, 15) is 13.2 Å². The van der Waals surface area contributed by atoms with Crippen molar-refractivity contribution in [3.8, 4) is 5.75 Å². The van der Waals surface area contributed by atoms with Gasteiger partial charge in [-0.15, -0.1) is 11.8 Å². The van der Waals surface area contributed by atoms with E-state index < -0.39 is 10.0 Å². The summed E-state index contributed by atoms with van der Waals surface area (Å²) < 4.78 is 33.1. The molecule has 1 aromatic heterocycles. The molecule has 7 nitrogen and oxygen atoms in total. The normalized spacial score (nSPS) is 14.8. The molecule has 1 fully saturated rings. The summed E-state index contributed by atoms with van der Waals surface area (Å²) in [4.78, 5) is 16.9. The molecule has 1 N–H and O–H groups in total. The second-order valence-corrected chi connectivity index (χ2v) is 8.92. The summed E-state index contributed by atoms with van der Waals surface area (Å²) in [6.07, 6.45) is 5.16. The van der Waals surface area contributed by atoms with E-state index in [2.05, 4.69) is 10.3 Å². The molecule has 0 unspecified atom stereocenters. The van der Waals surface area contributed by atoms with Crippen LogP contribution in [0.5, 0.6) is 5.75 Å². The van der Waals surface area contributed by atoms with Gasteiger partial charge in [-0.05, 0) is 56.4 Å². The minimum atomic E-state index is -3.69. The molecule has 0 atom stereocenters. The third-order valence-electron chi connectivity index (χ3n) is 4.39. The highest BCUT2D eigenvalue weighted by Gasteiger charge is 2.30. The Hall–Kier alpha value is -2.10. The highest BCUT2D eigenvalue weighted by atomic mass is 32.2. The Morgan fingerprint density at radius 2 is 2.04 bits per heavy atom. The fourth-order valence-electron chi connectivity index (χ4n) is 3.05. The number of ether oxygens (including phenoxy) is 1. The first kappa shape index (κ1) is 20.6. The van der Waals surface area contributed by atoms with E-state index in [-0.39, 0.29) is 10.8 Å². The first-order valence-corrected chi connectivity index (χ1v) is 11.7. The predicted molar refractivity (Wildman–Crippen MR) is 110 cm³/mol. The molecule has 0 aliphatic carbocycles. The number of anilines is 1. The van der Waals surface area contributed by atoms with E-state index in [1.54, 1.807) is 37.4 Å². The molecule has 1 saturated heterocycles. The zero-order chi connectivity index (χ0) is 20.1. The molecular formula is C19H23N3O4S2. The molecule has 0 bridgehead atoms. The fourth-order valence-corrected chi connectivity index (χ4v) is 5.28. The minimum Gasteiger partial charge on any atom is -0.492 e. The summed E-state index contributed by atoms with van der Waals surface area (Å²) in [6, 6.07) is 8.06. The number of rotatable bonds is 7. The average Bonchev–Trinajstić information content (AvgIpc) is 3.25. The maximum absolute atomic E-state index is 13.1. The Labute approximate surface area is 169 Å². The molecule has 2 heterocycles. The first-order chi connectivity index (χ1) is 13.5. The topological polar surface area (TPSA) is 88.6 Å². The number of nitrogens with zero attached hydrogens (tertiary/aromatic N) is 2. The Balaban J connectivity index is 1.93. The van der Waals surface area contributed by atoms with Crippen LogP contribution in [-0.2, 0) is 10.0 Å². The van der Waals surface area contributed by atoms with Crippen LogP contribution in [-0.4, -0.2) is 49.6 Å². The molecule has 2 aromatic rings. The van der Waals surface area contributed by atoms with Gasteiger partial charge in [0.05, 0.1) is 12.2 Å². The highest BCUT2D eigenvalue weighted by molar-refractivity contribution is 7.98. The Morgan fingerprint density at radius 3 is 2.71 bits per heavy atom.